The Morgan fingerprint density at radius 3 is 1.15 bits per heavy atom. The van der Waals surface area contributed by atoms with E-state index < -0.39 is 0 Å². The van der Waals surface area contributed by atoms with E-state index in [0.29, 0.717) is 11.8 Å². The predicted molar refractivity (Wildman–Crippen MR) is 131 cm³/mol. The van der Waals surface area contributed by atoms with Crippen LogP contribution >= 0.6 is 0 Å². The molecule has 0 atom stereocenters. The first-order valence-corrected chi connectivity index (χ1v) is 12.7. The van der Waals surface area contributed by atoms with Crippen LogP contribution in [-0.4, -0.2) is 9.97 Å². The van der Waals surface area contributed by atoms with Gasteiger partial charge in [0.2, 0.25) is 0 Å². The van der Waals surface area contributed by atoms with Crippen LogP contribution < -0.4 is 34.0 Å². The topological polar surface area (TPSA) is 25.8 Å². The van der Waals surface area contributed by atoms with Crippen molar-refractivity contribution in [3.05, 3.63) is 47.8 Å². The molecule has 0 aliphatic heterocycles. The van der Waals surface area contributed by atoms with E-state index in [1.54, 1.807) is 0 Å². The smallest absolute Gasteiger partial charge is 1.00 e. The van der Waals surface area contributed by atoms with E-state index in [1.807, 2.05) is 12.4 Å². The summed E-state index contributed by atoms with van der Waals surface area (Å²) in [6.07, 6.45) is 19.4. The summed E-state index contributed by atoms with van der Waals surface area (Å²) in [5, 5.41) is 0. The van der Waals surface area contributed by atoms with Crippen LogP contribution in [-0.2, 0) is 17.1 Å². The molecule has 0 N–H and O–H groups in total. The second-order valence-corrected chi connectivity index (χ2v) is 8.91. The molecular weight excluding hydrogens is 580 g/mol. The van der Waals surface area contributed by atoms with Crippen molar-refractivity contribution in [3.63, 3.8) is 0 Å². The molecule has 0 aliphatic rings. The van der Waals surface area contributed by atoms with Gasteiger partial charge in [-0.2, -0.15) is 0 Å². The number of hydrogen-bond donors (Lipinski definition) is 0. The van der Waals surface area contributed by atoms with Gasteiger partial charge in [0.15, 0.2) is 0 Å². The molecule has 2 nitrogen and oxygen atoms in total. The van der Waals surface area contributed by atoms with E-state index in [1.165, 1.54) is 88.2 Å². The minimum Gasteiger partial charge on any atom is -1.00 e. The molecule has 0 fully saturated rings. The fourth-order valence-corrected chi connectivity index (χ4v) is 4.44. The Morgan fingerprint density at radius 1 is 0.576 bits per heavy atom. The van der Waals surface area contributed by atoms with Crippen molar-refractivity contribution in [1.82, 2.24) is 9.97 Å². The first-order chi connectivity index (χ1) is 14.7. The van der Waals surface area contributed by atoms with Crippen molar-refractivity contribution in [2.75, 3.05) is 0 Å². The average Bonchev–Trinajstić information content (AvgIpc) is 2.79. The van der Waals surface area contributed by atoms with E-state index in [-0.39, 0.29) is 51.0 Å². The van der Waals surface area contributed by atoms with E-state index in [4.69, 9.17) is 9.97 Å². The third kappa shape index (κ3) is 12.3. The van der Waals surface area contributed by atoms with E-state index in [9.17, 15) is 0 Å². The Balaban J connectivity index is 0. The number of aromatic nitrogens is 2. The molecule has 2 aromatic rings. The van der Waals surface area contributed by atoms with Gasteiger partial charge in [-0.25, -0.2) is 0 Å². The Hall–Kier alpha value is -0.221. The second kappa shape index (κ2) is 21.1. The summed E-state index contributed by atoms with van der Waals surface area (Å²) >= 11 is 0. The molecule has 0 saturated heterocycles. The van der Waals surface area contributed by atoms with Crippen LogP contribution in [0.4, 0.5) is 0 Å². The van der Waals surface area contributed by atoms with Crippen LogP contribution in [0, 0.1) is 0 Å². The maximum Gasteiger partial charge on any atom is 2.00 e. The standard InChI is InChI=1S/C28H44N2.2BrH.Fe/c1-5-9-13-23(14-10-6-2)25-17-19-29-27(21-25)28-22-26(18-20-30-28)24(15-11-7-3)16-12-8-4;;;/h17-24H,5-16H2,1-4H3;2*1H;/q;;;+2/p-2. The fourth-order valence-electron chi connectivity index (χ4n) is 4.44. The van der Waals surface area contributed by atoms with Crippen molar-refractivity contribution < 1.29 is 51.0 Å². The van der Waals surface area contributed by atoms with Crippen LogP contribution in [0.1, 0.15) is 128 Å². The first-order valence-electron chi connectivity index (χ1n) is 12.7. The number of pyridine rings is 2. The average molecular weight is 624 g/mol. The molecule has 0 radical (unpaired) electrons. The number of halogens is 2. The van der Waals surface area contributed by atoms with Crippen LogP contribution in [0.3, 0.4) is 0 Å². The van der Waals surface area contributed by atoms with Crippen molar-refractivity contribution >= 4 is 0 Å². The van der Waals surface area contributed by atoms with Gasteiger partial charge in [0.05, 0.1) is 11.4 Å². The number of hydrogen-bond acceptors (Lipinski definition) is 2. The number of unbranched alkanes of at least 4 members (excludes halogenated alkanes) is 4. The minimum absolute atomic E-state index is 0. The Morgan fingerprint density at radius 2 is 0.879 bits per heavy atom. The molecule has 0 saturated carbocycles. The van der Waals surface area contributed by atoms with Gasteiger partial charge in [0, 0.05) is 12.4 Å². The van der Waals surface area contributed by atoms with E-state index >= 15 is 0 Å². The summed E-state index contributed by atoms with van der Waals surface area (Å²) in [7, 11) is 0. The maximum atomic E-state index is 4.71. The maximum absolute atomic E-state index is 4.71. The second-order valence-electron chi connectivity index (χ2n) is 8.91. The first kappa shape index (κ1) is 34.9. The van der Waals surface area contributed by atoms with Crippen LogP contribution in [0.15, 0.2) is 36.7 Å². The summed E-state index contributed by atoms with van der Waals surface area (Å²) < 4.78 is 0. The third-order valence-corrected chi connectivity index (χ3v) is 6.40. The number of nitrogens with zero attached hydrogens (tertiary/aromatic N) is 2. The molecule has 0 unspecified atom stereocenters. The van der Waals surface area contributed by atoms with Gasteiger partial charge >= 0.3 is 17.1 Å². The summed E-state index contributed by atoms with van der Waals surface area (Å²) in [6.45, 7) is 9.16. The monoisotopic (exact) mass is 622 g/mol. The largest absolute Gasteiger partial charge is 2.00 e. The van der Waals surface area contributed by atoms with E-state index in [2.05, 4.69) is 52.0 Å². The Kier molecular flexibility index (Phi) is 22.3. The molecule has 5 heteroatoms. The number of rotatable bonds is 15. The molecule has 0 aromatic carbocycles. The summed E-state index contributed by atoms with van der Waals surface area (Å²) in [5.41, 5.74) is 4.97. The van der Waals surface area contributed by atoms with Gasteiger partial charge in [-0.1, -0.05) is 79.1 Å². The predicted octanol–water partition coefficient (Wildman–Crippen LogP) is 3.08. The van der Waals surface area contributed by atoms with Crippen LogP contribution in [0.25, 0.3) is 11.4 Å². The zero-order chi connectivity index (χ0) is 21.6. The van der Waals surface area contributed by atoms with Crippen LogP contribution in [0.2, 0.25) is 0 Å². The van der Waals surface area contributed by atoms with Gasteiger partial charge in [0.25, 0.3) is 0 Å². The zero-order valence-corrected chi connectivity index (χ0v) is 25.4. The Bertz CT molecular complexity index is 649. The van der Waals surface area contributed by atoms with Gasteiger partial charge < -0.3 is 34.0 Å². The van der Waals surface area contributed by atoms with Gasteiger partial charge in [0.1, 0.15) is 0 Å². The molecule has 2 heterocycles. The van der Waals surface area contributed by atoms with Crippen molar-refractivity contribution in [1.29, 1.82) is 0 Å². The molecular formula is C28H44Br2FeN2. The summed E-state index contributed by atoms with van der Waals surface area (Å²) in [6, 6.07) is 9.09. The molecule has 0 spiro atoms. The van der Waals surface area contributed by atoms with Crippen molar-refractivity contribution in [3.8, 4) is 11.4 Å². The fraction of sp³-hybridized carbons (Fsp3) is 0.643. The summed E-state index contributed by atoms with van der Waals surface area (Å²) in [5.74, 6) is 1.30. The molecule has 188 valence electrons. The van der Waals surface area contributed by atoms with Gasteiger partial charge in [-0.3, -0.25) is 9.97 Å². The molecule has 0 aliphatic carbocycles. The van der Waals surface area contributed by atoms with E-state index in [0.717, 1.165) is 11.4 Å². The quantitative estimate of drug-likeness (QED) is 0.285. The van der Waals surface area contributed by atoms with Crippen molar-refractivity contribution in [2.24, 2.45) is 0 Å². The third-order valence-electron chi connectivity index (χ3n) is 6.40. The summed E-state index contributed by atoms with van der Waals surface area (Å²) in [4.78, 5) is 9.43. The van der Waals surface area contributed by atoms with Crippen LogP contribution in [0.5, 0.6) is 0 Å². The molecule has 2 rings (SSSR count). The van der Waals surface area contributed by atoms with Gasteiger partial charge in [-0.05, 0) is 72.9 Å². The molecule has 0 bridgehead atoms. The molecule has 33 heavy (non-hydrogen) atoms. The normalized spacial score (nSPS) is 10.5. The molecule has 2 aromatic heterocycles. The zero-order valence-electron chi connectivity index (χ0n) is 21.1. The van der Waals surface area contributed by atoms with Gasteiger partial charge in [-0.15, -0.1) is 0 Å². The Labute approximate surface area is 235 Å². The van der Waals surface area contributed by atoms with Crippen molar-refractivity contribution in [2.45, 2.75) is 117 Å². The minimum atomic E-state index is 0. The SMILES string of the molecule is CCCCC(CCCC)c1ccnc(-c2cc(C(CCCC)CCCC)ccn2)c1.[Br-].[Br-].[Fe+2]. The molecule has 0 amide bonds.